The number of carbonyl (C=O) groups is 2. The van der Waals surface area contributed by atoms with Crippen LogP contribution in [0.15, 0.2) is 41.2 Å². The molecule has 1 aliphatic rings. The molecule has 2 aromatic rings. The van der Waals surface area contributed by atoms with Crippen LogP contribution in [-0.2, 0) is 28.9 Å². The number of benzene rings is 1. The molecule has 1 aliphatic carbocycles. The van der Waals surface area contributed by atoms with Gasteiger partial charge in [0.05, 0.1) is 13.2 Å². The lowest BCUT2D eigenvalue weighted by atomic mass is 9.95. The Kier molecular flexibility index (Phi) is 8.82. The third-order valence-electron chi connectivity index (χ3n) is 6.11. The molecule has 1 amide bonds. The zero-order chi connectivity index (χ0) is 23.6. The molecular weight excluding hydrogens is 418 g/mol. The van der Waals surface area contributed by atoms with E-state index in [0.29, 0.717) is 31.4 Å². The van der Waals surface area contributed by atoms with Crippen molar-refractivity contribution in [2.24, 2.45) is 0 Å². The van der Waals surface area contributed by atoms with Crippen LogP contribution in [0.2, 0.25) is 0 Å². The SMILES string of the molecule is COC(=O)C(NC(=O)c1cc2c(n(CCCCC#N)c1=O)CCCCCC2)c1ccccc1. The Morgan fingerprint density at radius 1 is 1.12 bits per heavy atom. The van der Waals surface area contributed by atoms with E-state index in [2.05, 4.69) is 11.4 Å². The number of unbranched alkanes of at least 4 members (excludes halogenated alkanes) is 2. The number of hydrogen-bond acceptors (Lipinski definition) is 5. The molecule has 0 radical (unpaired) electrons. The standard InChI is InChI=1S/C26H31N3O4/c1-33-26(32)23(19-12-7-4-8-13-19)28-24(30)21-18-20-14-6-2-3-9-15-22(20)29(25(21)31)17-11-5-10-16-27/h4,7-8,12-13,18,23H,2-3,5-6,9-11,14-15,17H2,1H3,(H,28,30). The molecule has 7 heteroatoms. The summed E-state index contributed by atoms with van der Waals surface area (Å²) < 4.78 is 6.62. The molecule has 1 N–H and O–H groups in total. The van der Waals surface area contributed by atoms with Crippen LogP contribution in [-0.4, -0.2) is 23.6 Å². The number of pyridine rings is 1. The number of esters is 1. The number of rotatable bonds is 8. The molecule has 3 rings (SSSR count). The van der Waals surface area contributed by atoms with E-state index in [1.54, 1.807) is 34.9 Å². The van der Waals surface area contributed by atoms with Gasteiger partial charge in [0.15, 0.2) is 6.04 Å². The molecule has 0 fully saturated rings. The van der Waals surface area contributed by atoms with Crippen molar-refractivity contribution in [3.63, 3.8) is 0 Å². The van der Waals surface area contributed by atoms with Crippen molar-refractivity contribution in [2.45, 2.75) is 70.4 Å². The number of ether oxygens (including phenoxy) is 1. The molecule has 0 aliphatic heterocycles. The number of aryl methyl sites for hydroxylation is 1. The Balaban J connectivity index is 1.97. The molecule has 174 valence electrons. The number of amides is 1. The number of nitrogens with zero attached hydrogens (tertiary/aromatic N) is 2. The molecule has 0 saturated carbocycles. The van der Waals surface area contributed by atoms with E-state index in [-0.39, 0.29) is 11.1 Å². The fourth-order valence-electron chi connectivity index (χ4n) is 4.36. The Bertz CT molecular complexity index is 1070. The van der Waals surface area contributed by atoms with Crippen molar-refractivity contribution in [2.75, 3.05) is 7.11 Å². The van der Waals surface area contributed by atoms with Gasteiger partial charge in [-0.3, -0.25) is 9.59 Å². The van der Waals surface area contributed by atoms with Crippen molar-refractivity contribution in [3.8, 4) is 6.07 Å². The second kappa shape index (κ2) is 12.0. The summed E-state index contributed by atoms with van der Waals surface area (Å²) in [6, 6.07) is 11.7. The summed E-state index contributed by atoms with van der Waals surface area (Å²) in [5.74, 6) is -1.19. The molecular formula is C26H31N3O4. The van der Waals surface area contributed by atoms with E-state index < -0.39 is 17.9 Å². The highest BCUT2D eigenvalue weighted by molar-refractivity contribution is 5.97. The van der Waals surface area contributed by atoms with Crippen LogP contribution in [0.3, 0.4) is 0 Å². The van der Waals surface area contributed by atoms with Gasteiger partial charge in [0, 0.05) is 18.7 Å². The summed E-state index contributed by atoms with van der Waals surface area (Å²) in [6.07, 6.45) is 7.72. The van der Waals surface area contributed by atoms with Crippen molar-refractivity contribution in [1.82, 2.24) is 9.88 Å². The third-order valence-corrected chi connectivity index (χ3v) is 6.11. The van der Waals surface area contributed by atoms with Gasteiger partial charge in [-0.1, -0.05) is 43.2 Å². The number of methoxy groups -OCH3 is 1. The maximum absolute atomic E-state index is 13.4. The van der Waals surface area contributed by atoms with Gasteiger partial charge >= 0.3 is 5.97 Å². The minimum Gasteiger partial charge on any atom is -0.467 e. The number of nitriles is 1. The van der Waals surface area contributed by atoms with Crippen molar-refractivity contribution in [3.05, 3.63) is 69.1 Å². The van der Waals surface area contributed by atoms with Crippen LogP contribution in [0.5, 0.6) is 0 Å². The fraction of sp³-hybridized carbons (Fsp3) is 0.462. The van der Waals surface area contributed by atoms with Crippen LogP contribution in [0, 0.1) is 11.3 Å². The minimum absolute atomic E-state index is 0.0411. The summed E-state index contributed by atoms with van der Waals surface area (Å²) in [7, 11) is 1.27. The molecule has 0 saturated heterocycles. The van der Waals surface area contributed by atoms with Gasteiger partial charge in [-0.15, -0.1) is 0 Å². The van der Waals surface area contributed by atoms with E-state index in [4.69, 9.17) is 10.00 Å². The topological polar surface area (TPSA) is 101 Å². The average molecular weight is 450 g/mol. The van der Waals surface area contributed by atoms with Crippen LogP contribution in [0.25, 0.3) is 0 Å². The highest BCUT2D eigenvalue weighted by Gasteiger charge is 2.27. The van der Waals surface area contributed by atoms with Crippen molar-refractivity contribution in [1.29, 1.82) is 5.26 Å². The van der Waals surface area contributed by atoms with Crippen molar-refractivity contribution < 1.29 is 14.3 Å². The number of nitrogens with one attached hydrogen (secondary N) is 1. The number of carbonyl (C=O) groups excluding carboxylic acids is 2. The smallest absolute Gasteiger partial charge is 0.333 e. The predicted molar refractivity (Wildman–Crippen MR) is 125 cm³/mol. The van der Waals surface area contributed by atoms with Gasteiger partial charge in [-0.25, -0.2) is 4.79 Å². The molecule has 0 bridgehead atoms. The van der Waals surface area contributed by atoms with E-state index in [1.807, 2.05) is 6.07 Å². The van der Waals surface area contributed by atoms with Gasteiger partial charge in [0.1, 0.15) is 5.56 Å². The van der Waals surface area contributed by atoms with Crippen LogP contribution < -0.4 is 10.9 Å². The zero-order valence-corrected chi connectivity index (χ0v) is 19.1. The van der Waals surface area contributed by atoms with E-state index in [0.717, 1.165) is 49.8 Å². The number of hydrogen-bond donors (Lipinski definition) is 1. The molecule has 33 heavy (non-hydrogen) atoms. The molecule has 1 atom stereocenters. The summed E-state index contributed by atoms with van der Waals surface area (Å²) in [6.45, 7) is 0.475. The molecule has 1 aromatic heterocycles. The predicted octanol–water partition coefficient (Wildman–Crippen LogP) is 3.85. The molecule has 1 unspecified atom stereocenters. The number of fused-ring (bicyclic) bond motifs is 1. The van der Waals surface area contributed by atoms with Gasteiger partial charge in [0.2, 0.25) is 0 Å². The molecule has 1 aromatic carbocycles. The zero-order valence-electron chi connectivity index (χ0n) is 19.1. The van der Waals surface area contributed by atoms with E-state index in [9.17, 15) is 14.4 Å². The highest BCUT2D eigenvalue weighted by atomic mass is 16.5. The van der Waals surface area contributed by atoms with Crippen LogP contribution in [0.1, 0.15) is 78.2 Å². The maximum Gasteiger partial charge on any atom is 0.333 e. The fourth-order valence-corrected chi connectivity index (χ4v) is 4.36. The minimum atomic E-state index is -1.01. The highest BCUT2D eigenvalue weighted by Crippen LogP contribution is 2.21. The second-order valence-corrected chi connectivity index (χ2v) is 8.36. The summed E-state index contributed by atoms with van der Waals surface area (Å²) in [5.41, 5.74) is 2.30. The van der Waals surface area contributed by atoms with Gasteiger partial charge in [-0.2, -0.15) is 5.26 Å². The summed E-state index contributed by atoms with van der Waals surface area (Å²) >= 11 is 0. The first-order valence-corrected chi connectivity index (χ1v) is 11.6. The largest absolute Gasteiger partial charge is 0.467 e. The van der Waals surface area contributed by atoms with E-state index >= 15 is 0 Å². The average Bonchev–Trinajstić information content (AvgIpc) is 2.82. The lowest BCUT2D eigenvalue weighted by Crippen LogP contribution is -2.39. The Morgan fingerprint density at radius 3 is 2.55 bits per heavy atom. The molecule has 1 heterocycles. The monoisotopic (exact) mass is 449 g/mol. The van der Waals surface area contributed by atoms with Gasteiger partial charge < -0.3 is 14.6 Å². The Hall–Kier alpha value is -3.40. The van der Waals surface area contributed by atoms with Crippen LogP contribution >= 0.6 is 0 Å². The molecule has 0 spiro atoms. The quantitative estimate of drug-likeness (QED) is 0.487. The van der Waals surface area contributed by atoms with Gasteiger partial charge in [0.25, 0.3) is 11.5 Å². The maximum atomic E-state index is 13.4. The van der Waals surface area contributed by atoms with Crippen molar-refractivity contribution >= 4 is 11.9 Å². The Labute approximate surface area is 194 Å². The number of aromatic nitrogens is 1. The Morgan fingerprint density at radius 2 is 1.85 bits per heavy atom. The van der Waals surface area contributed by atoms with Crippen LogP contribution in [0.4, 0.5) is 0 Å². The second-order valence-electron chi connectivity index (χ2n) is 8.36. The van der Waals surface area contributed by atoms with Gasteiger partial charge in [-0.05, 0) is 55.7 Å². The first kappa shape index (κ1) is 24.2. The first-order valence-electron chi connectivity index (χ1n) is 11.6. The van der Waals surface area contributed by atoms with E-state index in [1.165, 1.54) is 7.11 Å². The summed E-state index contributed by atoms with van der Waals surface area (Å²) in [4.78, 5) is 39.1. The molecule has 7 nitrogen and oxygen atoms in total. The summed E-state index contributed by atoms with van der Waals surface area (Å²) in [5, 5.41) is 11.5. The third kappa shape index (κ3) is 6.10. The lowest BCUT2D eigenvalue weighted by molar-refractivity contribution is -0.143. The normalized spacial score (nSPS) is 14.2. The first-order chi connectivity index (χ1) is 16.1. The lowest BCUT2D eigenvalue weighted by Gasteiger charge is -2.22.